The van der Waals surface area contributed by atoms with Crippen LogP contribution in [0.15, 0.2) is 24.3 Å². The van der Waals surface area contributed by atoms with Crippen molar-refractivity contribution in [3.8, 4) is 5.75 Å². The molecule has 15 heavy (non-hydrogen) atoms. The monoisotopic (exact) mass is 320 g/mol. The molecular weight excluding hydrogens is 311 g/mol. The summed E-state index contributed by atoms with van der Waals surface area (Å²) in [7, 11) is 0. The summed E-state index contributed by atoms with van der Waals surface area (Å²) >= 11 is 1.90. The minimum atomic E-state index is -1.11. The molecule has 0 amide bonds. The topological polar surface area (TPSA) is 63.6 Å². The first-order valence-electron chi connectivity index (χ1n) is 4.20. The summed E-state index contributed by atoms with van der Waals surface area (Å²) in [4.78, 5) is 22.0. The normalized spacial score (nSPS) is 11.9. The second kappa shape index (κ2) is 5.11. The number of hydrogen-bond donors (Lipinski definition) is 1. The maximum atomic E-state index is 11.3. The number of halogens is 1. The van der Waals surface area contributed by atoms with Crippen LogP contribution in [-0.4, -0.2) is 21.0 Å². The minimum absolute atomic E-state index is 0.0112. The summed E-state index contributed by atoms with van der Waals surface area (Å²) in [5.74, 6) is -1.48. The highest BCUT2D eigenvalue weighted by atomic mass is 127. The van der Waals surface area contributed by atoms with E-state index in [1.165, 1.54) is 12.1 Å². The summed E-state index contributed by atoms with van der Waals surface area (Å²) in [6.45, 7) is 1.67. The standard InChI is InChI=1S/C10H9IO4/c1-6(11)10(14)15-8-5-3-2-4-7(8)9(12)13/h2-6H,1H3,(H,12,13). The van der Waals surface area contributed by atoms with E-state index in [-0.39, 0.29) is 15.2 Å². The number of carboxylic acids is 1. The zero-order valence-electron chi connectivity index (χ0n) is 7.94. The van der Waals surface area contributed by atoms with E-state index in [1.54, 1.807) is 19.1 Å². The van der Waals surface area contributed by atoms with Gasteiger partial charge in [-0.05, 0) is 19.1 Å². The van der Waals surface area contributed by atoms with E-state index in [0.29, 0.717) is 0 Å². The van der Waals surface area contributed by atoms with E-state index in [1.807, 2.05) is 22.6 Å². The molecule has 1 unspecified atom stereocenters. The summed E-state index contributed by atoms with van der Waals surface area (Å²) in [5.41, 5.74) is -0.0112. The Kier molecular flexibility index (Phi) is 4.07. The van der Waals surface area contributed by atoms with Crippen LogP contribution in [0.25, 0.3) is 0 Å². The molecule has 0 aromatic heterocycles. The van der Waals surface area contributed by atoms with Crippen LogP contribution in [0.1, 0.15) is 17.3 Å². The Labute approximate surface area is 100 Å². The van der Waals surface area contributed by atoms with Crippen LogP contribution in [0, 0.1) is 0 Å². The fourth-order valence-electron chi connectivity index (χ4n) is 0.922. The number of ether oxygens (including phenoxy) is 1. The van der Waals surface area contributed by atoms with Crippen LogP contribution in [-0.2, 0) is 4.79 Å². The lowest BCUT2D eigenvalue weighted by Gasteiger charge is -2.07. The van der Waals surface area contributed by atoms with Gasteiger partial charge in [0.1, 0.15) is 15.2 Å². The molecule has 0 bridgehead atoms. The highest BCUT2D eigenvalue weighted by Crippen LogP contribution is 2.19. The van der Waals surface area contributed by atoms with Crippen molar-refractivity contribution in [1.82, 2.24) is 0 Å². The van der Waals surface area contributed by atoms with Crippen molar-refractivity contribution in [2.45, 2.75) is 10.8 Å². The van der Waals surface area contributed by atoms with Gasteiger partial charge in [0.05, 0.1) is 0 Å². The first-order valence-corrected chi connectivity index (χ1v) is 5.45. The molecule has 1 rings (SSSR count). The summed E-state index contributed by atoms with van der Waals surface area (Å²) < 4.78 is 4.63. The number of carbonyl (C=O) groups excluding carboxylic acids is 1. The molecular formula is C10H9IO4. The molecule has 0 saturated carbocycles. The van der Waals surface area contributed by atoms with Gasteiger partial charge in [0.15, 0.2) is 0 Å². The molecule has 0 spiro atoms. The van der Waals surface area contributed by atoms with Gasteiger partial charge in [-0.25, -0.2) is 4.79 Å². The van der Waals surface area contributed by atoms with Gasteiger partial charge in [0, 0.05) is 0 Å². The SMILES string of the molecule is CC(I)C(=O)Oc1ccccc1C(=O)O. The molecule has 80 valence electrons. The number of esters is 1. The fourth-order valence-corrected chi connectivity index (χ4v) is 1.05. The predicted molar refractivity (Wildman–Crippen MR) is 62.5 cm³/mol. The molecule has 0 saturated heterocycles. The molecule has 4 nitrogen and oxygen atoms in total. The number of benzene rings is 1. The average Bonchev–Trinajstić information content (AvgIpc) is 2.18. The number of alkyl halides is 1. The van der Waals surface area contributed by atoms with Gasteiger partial charge in [0.25, 0.3) is 0 Å². The van der Waals surface area contributed by atoms with Crippen molar-refractivity contribution >= 4 is 34.5 Å². The smallest absolute Gasteiger partial charge is 0.339 e. The van der Waals surface area contributed by atoms with Crippen molar-refractivity contribution in [2.75, 3.05) is 0 Å². The maximum Gasteiger partial charge on any atom is 0.339 e. The van der Waals surface area contributed by atoms with Crippen LogP contribution in [0.2, 0.25) is 0 Å². The van der Waals surface area contributed by atoms with E-state index < -0.39 is 11.9 Å². The van der Waals surface area contributed by atoms with Crippen molar-refractivity contribution in [2.24, 2.45) is 0 Å². The Bertz CT molecular complexity index is 387. The number of carboxylic acid groups (broad SMARTS) is 1. The van der Waals surface area contributed by atoms with Gasteiger partial charge < -0.3 is 9.84 Å². The molecule has 1 N–H and O–H groups in total. The van der Waals surface area contributed by atoms with Gasteiger partial charge in [0.2, 0.25) is 0 Å². The first-order chi connectivity index (χ1) is 7.02. The Hall–Kier alpha value is -1.11. The van der Waals surface area contributed by atoms with E-state index >= 15 is 0 Å². The number of rotatable bonds is 3. The number of aromatic carboxylic acids is 1. The fraction of sp³-hybridized carbons (Fsp3) is 0.200. The van der Waals surface area contributed by atoms with Crippen LogP contribution < -0.4 is 4.74 Å². The number of para-hydroxylation sites is 1. The highest BCUT2D eigenvalue weighted by molar-refractivity contribution is 14.1. The van der Waals surface area contributed by atoms with E-state index in [4.69, 9.17) is 9.84 Å². The van der Waals surface area contributed by atoms with Crippen molar-refractivity contribution in [3.05, 3.63) is 29.8 Å². The highest BCUT2D eigenvalue weighted by Gasteiger charge is 2.16. The van der Waals surface area contributed by atoms with Crippen LogP contribution in [0.5, 0.6) is 5.75 Å². The Morgan fingerprint density at radius 3 is 2.53 bits per heavy atom. The van der Waals surface area contributed by atoms with E-state index in [9.17, 15) is 9.59 Å². The van der Waals surface area contributed by atoms with E-state index in [2.05, 4.69) is 0 Å². The van der Waals surface area contributed by atoms with Crippen molar-refractivity contribution in [3.63, 3.8) is 0 Å². The van der Waals surface area contributed by atoms with Gasteiger partial charge in [-0.1, -0.05) is 34.7 Å². The molecule has 1 aromatic rings. The third kappa shape index (κ3) is 3.19. The maximum absolute atomic E-state index is 11.3. The molecule has 0 aliphatic heterocycles. The lowest BCUT2D eigenvalue weighted by Crippen LogP contribution is -2.18. The third-order valence-corrected chi connectivity index (χ3v) is 2.16. The minimum Gasteiger partial charge on any atom is -0.478 e. The molecule has 0 heterocycles. The zero-order valence-corrected chi connectivity index (χ0v) is 10.1. The van der Waals surface area contributed by atoms with Crippen LogP contribution in [0.3, 0.4) is 0 Å². The van der Waals surface area contributed by atoms with Gasteiger partial charge >= 0.3 is 11.9 Å². The summed E-state index contributed by atoms with van der Waals surface area (Å²) in [6, 6.07) is 6.05. The number of hydrogen-bond acceptors (Lipinski definition) is 3. The molecule has 0 radical (unpaired) electrons. The van der Waals surface area contributed by atoms with Crippen molar-refractivity contribution in [1.29, 1.82) is 0 Å². The Balaban J connectivity index is 2.94. The largest absolute Gasteiger partial charge is 0.478 e. The second-order valence-corrected chi connectivity index (χ2v) is 4.71. The van der Waals surface area contributed by atoms with Gasteiger partial charge in [-0.15, -0.1) is 0 Å². The molecule has 0 aliphatic carbocycles. The molecule has 1 atom stereocenters. The molecule has 1 aromatic carbocycles. The molecule has 5 heteroatoms. The van der Waals surface area contributed by atoms with Crippen LogP contribution >= 0.6 is 22.6 Å². The summed E-state index contributed by atoms with van der Waals surface area (Å²) in [6.07, 6.45) is 0. The lowest BCUT2D eigenvalue weighted by molar-refractivity contribution is -0.133. The number of carbonyl (C=O) groups is 2. The first kappa shape index (κ1) is 12.0. The lowest BCUT2D eigenvalue weighted by atomic mass is 10.2. The third-order valence-electron chi connectivity index (χ3n) is 1.65. The molecule has 0 fully saturated rings. The quantitative estimate of drug-likeness (QED) is 0.401. The van der Waals surface area contributed by atoms with Crippen LogP contribution in [0.4, 0.5) is 0 Å². The van der Waals surface area contributed by atoms with Crippen molar-refractivity contribution < 1.29 is 19.4 Å². The average molecular weight is 320 g/mol. The Morgan fingerprint density at radius 1 is 1.40 bits per heavy atom. The zero-order chi connectivity index (χ0) is 11.4. The summed E-state index contributed by atoms with van der Waals surface area (Å²) in [5, 5.41) is 8.82. The second-order valence-electron chi connectivity index (χ2n) is 2.84. The predicted octanol–water partition coefficient (Wildman–Crippen LogP) is 2.11. The van der Waals surface area contributed by atoms with Gasteiger partial charge in [-0.2, -0.15) is 0 Å². The van der Waals surface area contributed by atoms with E-state index in [0.717, 1.165) is 0 Å². The Morgan fingerprint density at radius 2 is 2.00 bits per heavy atom. The van der Waals surface area contributed by atoms with Gasteiger partial charge in [-0.3, -0.25) is 4.79 Å². The molecule has 0 aliphatic rings.